The molecule has 11 atom stereocenters. The first-order valence-corrected chi connectivity index (χ1v) is 44.1. The Labute approximate surface area is 942 Å². The van der Waals surface area contributed by atoms with E-state index in [9.17, 15) is 40.4 Å². The first-order valence-electron chi connectivity index (χ1n) is 43.1. The minimum Gasteiger partial charge on any atom is -1.00 e. The number of ether oxygens (including phenoxy) is 5. The Kier molecular flexibility index (Phi) is 102. The summed E-state index contributed by atoms with van der Waals surface area (Å²) in [6.07, 6.45) is 21.6. The fourth-order valence-electron chi connectivity index (χ4n) is 10.9. The van der Waals surface area contributed by atoms with Crippen molar-refractivity contribution in [1.82, 2.24) is 0 Å². The maximum absolute atomic E-state index is 13.7. The zero-order valence-electron chi connectivity index (χ0n) is 79.9. The number of allylic oxidation sites excluding steroid dienone is 1. The average molecular weight is 2060 g/mol. The summed E-state index contributed by atoms with van der Waals surface area (Å²) in [5, 5.41) is 122. The van der Waals surface area contributed by atoms with Crippen LogP contribution in [0.5, 0.6) is 0 Å². The van der Waals surface area contributed by atoms with Gasteiger partial charge in [-0.15, -0.1) is 8.67 Å². The number of hydrogen-bond acceptors (Lipinski definition) is 34. The van der Waals surface area contributed by atoms with E-state index in [-0.39, 0.29) is 154 Å². The summed E-state index contributed by atoms with van der Waals surface area (Å²) in [6.45, 7) is 9.96. The number of rotatable bonds is 57. The van der Waals surface area contributed by atoms with Gasteiger partial charge in [-0.25, -0.2) is 10.1 Å². The molecular weight excluding hydrogens is 1870 g/mol. The van der Waals surface area contributed by atoms with E-state index in [1.807, 2.05) is 13.0 Å². The quantitative estimate of drug-likeness (QED) is 0.00342. The molecule has 2 aliphatic rings. The zero-order chi connectivity index (χ0) is 100. The molecule has 2 fully saturated rings. The van der Waals surface area contributed by atoms with Crippen molar-refractivity contribution in [2.24, 2.45) is 5.92 Å². The Balaban J connectivity index is -0.0000000322. The summed E-state index contributed by atoms with van der Waals surface area (Å²) in [7, 11) is 0. The minimum atomic E-state index is -1.79. The molecule has 2 heterocycles. The van der Waals surface area contributed by atoms with Crippen LogP contribution in [0.2, 0.25) is 0 Å². The van der Waals surface area contributed by atoms with Crippen LogP contribution in [-0.4, -0.2) is 117 Å². The largest absolute Gasteiger partial charge is 1.00 e. The second kappa shape index (κ2) is 107. The molecule has 32 nitrogen and oxygen atoms in total. The van der Waals surface area contributed by atoms with Crippen LogP contribution in [0, 0.1) is 302 Å². The van der Waals surface area contributed by atoms with E-state index in [1.165, 1.54) is 141 Å². The van der Waals surface area contributed by atoms with Crippen LogP contribution >= 0.6 is 25.2 Å². The molecule has 0 saturated carbocycles. The van der Waals surface area contributed by atoms with Crippen molar-refractivity contribution in [2.75, 3.05) is 13.2 Å². The summed E-state index contributed by atoms with van der Waals surface area (Å²) < 4.78 is 42.5. The molecule has 0 spiro atoms. The number of aliphatic hydroxyl groups is 5. The van der Waals surface area contributed by atoms with Gasteiger partial charge < -0.3 is 55.9 Å². The number of aliphatic hydroxyl groups excluding tert-OH is 5. The van der Waals surface area contributed by atoms with Gasteiger partial charge in [-0.2, -0.15) is 0 Å². The molecule has 0 aromatic heterocycles. The fourth-order valence-corrected chi connectivity index (χ4v) is 11.3. The van der Waals surface area contributed by atoms with Crippen LogP contribution < -0.4 is 64.4 Å². The van der Waals surface area contributed by atoms with E-state index >= 15 is 0 Å². The molecule has 0 aromatic carbocycles. The second-order valence-corrected chi connectivity index (χ2v) is 27.7. The molecule has 0 radical (unpaired) electrons. The summed E-state index contributed by atoms with van der Waals surface area (Å²) >= 11 is 3.05. The van der Waals surface area contributed by atoms with Crippen molar-refractivity contribution in [3.63, 3.8) is 0 Å². The Morgan fingerprint density at radius 2 is 0.643 bits per heavy atom. The summed E-state index contributed by atoms with van der Waals surface area (Å²) in [4.78, 5) is 27.2. The molecule has 2 saturated heterocycles. The molecule has 2 rings (SSSR count). The summed E-state index contributed by atoms with van der Waals surface area (Å²) in [5.41, 5.74) is 0.275. The van der Waals surface area contributed by atoms with E-state index < -0.39 is 86.6 Å². The van der Waals surface area contributed by atoms with Crippen molar-refractivity contribution < 1.29 is 281 Å². The third kappa shape index (κ3) is 85.3. The third-order valence-corrected chi connectivity index (χ3v) is 17.5. The minimum absolute atomic E-state index is 0. The number of unbranched alkanes of at least 4 members (excludes halogenated alkanes) is 27. The smallest absolute Gasteiger partial charge is 1.00 e. The number of thiol groups is 1. The van der Waals surface area contributed by atoms with Crippen LogP contribution in [0.3, 0.4) is 0 Å². The van der Waals surface area contributed by atoms with Gasteiger partial charge in [0.25, 0.3) is 0 Å². The first-order chi connectivity index (χ1) is 67.8. The topological polar surface area (TPSA) is 391 Å². The van der Waals surface area contributed by atoms with Crippen LogP contribution in [0.1, 0.15) is 305 Å². The van der Waals surface area contributed by atoms with E-state index in [4.69, 9.17) is 33.1 Å². The van der Waals surface area contributed by atoms with Gasteiger partial charge >= 0.3 is 71.1 Å². The fraction of sp³-hybridized carbons (Fsp3) is 0.481. The molecule has 0 bridgehead atoms. The maximum Gasteiger partial charge on any atom is 1.00 e. The Morgan fingerprint density at radius 1 is 0.379 bits per heavy atom. The SMILES string of the molecule is CC#CC#CC#CC#CC#CC#CC#CC#CC#CC#CC#CC#CC#CC#CC#CC#CC#CC#CC#CC#CC#CC#CC#CC#CC#CC.CCCCCCCCCCCCCCCCCC[C@H](C)/C=C(\C)C(=O)OC1C(O)C(CO)OC(OC2OC(CO)C(O)C(O)C2OSOO[O-])C1OC(=O)CCCCCCCCCCCCCCC.OOOOOOOOOOOOOOOOS.[H-].[HH].[HH].[HH].[HH].[HH].[HH].[HH].[HH].[HH].[HH].[HH].[HH].[HH].[HH].[HH].[HH].[HH].[HH].[HH].[HH].[HH].[HH].[HH].[HH].[HH].[HH].[HH].[HH].[HH].[HH].[HH].[HH].[HH].[HH].[HH].[HH].[HH].[HH].[HH].[HH].[HH].[HH].[HH].[HH].[Na+].[Na+]. The van der Waals surface area contributed by atoms with Crippen molar-refractivity contribution in [3.8, 4) is 296 Å². The molecule has 2 aliphatic heterocycles. The van der Waals surface area contributed by atoms with Gasteiger partial charge in [0.05, 0.1) is 13.2 Å². The molecule has 0 amide bonds. The number of carbonyl (C=O) groups is 2. The van der Waals surface area contributed by atoms with Gasteiger partial charge in [-0.1, -0.05) is 218 Å². The van der Waals surface area contributed by atoms with Crippen molar-refractivity contribution in [1.29, 1.82) is 0 Å². The molecule has 0 aromatic rings. The molecule has 814 valence electrons. The second-order valence-electron chi connectivity index (χ2n) is 27.1. The molecule has 140 heavy (non-hydrogen) atoms. The van der Waals surface area contributed by atoms with Crippen LogP contribution in [0.4, 0.5) is 0 Å². The van der Waals surface area contributed by atoms with Crippen molar-refractivity contribution in [2.45, 2.75) is 302 Å². The van der Waals surface area contributed by atoms with Gasteiger partial charge in [0, 0.05) is 277 Å². The van der Waals surface area contributed by atoms with Gasteiger partial charge in [0.2, 0.25) is 6.29 Å². The number of esters is 2. The molecule has 10 unspecified atom stereocenters. The van der Waals surface area contributed by atoms with Crippen LogP contribution in [-0.2, 0) is 122 Å². The van der Waals surface area contributed by atoms with E-state index in [0.29, 0.717) is 6.42 Å². The van der Waals surface area contributed by atoms with Crippen molar-refractivity contribution >= 4 is 37.2 Å². The van der Waals surface area contributed by atoms with Gasteiger partial charge in [0.15, 0.2) is 36.9 Å². The molecule has 0 aliphatic carbocycles. The zero-order valence-corrected chi connectivity index (χ0v) is 84.6. The maximum atomic E-state index is 13.7. The summed E-state index contributed by atoms with van der Waals surface area (Å²) in [5.74, 6) is 124. The van der Waals surface area contributed by atoms with E-state index in [1.54, 1.807) is 20.8 Å². The number of hydrogen-bond donors (Lipinski definition) is 7. The van der Waals surface area contributed by atoms with Crippen LogP contribution in [0.25, 0.3) is 0 Å². The van der Waals surface area contributed by atoms with Crippen LogP contribution in [0.15, 0.2) is 11.6 Å². The average Bonchev–Trinajstić information content (AvgIpc) is 0.774. The molecule has 36 heteroatoms. The molecule has 6 N–H and O–H groups in total. The monoisotopic (exact) mass is 2060 g/mol. The molecular formula is C104H192Na2O32S2. The Morgan fingerprint density at radius 3 is 0.921 bits per heavy atom. The van der Waals surface area contributed by atoms with Gasteiger partial charge in [0.1, 0.15) is 30.5 Å². The van der Waals surface area contributed by atoms with Gasteiger partial charge in [-0.3, -0.25) is 14.0 Å². The predicted octanol–water partition coefficient (Wildman–Crippen LogP) is 14.6. The number of carbonyl (C=O) groups excluding carboxylic acids is 2. The van der Waals surface area contributed by atoms with Crippen molar-refractivity contribution in [3.05, 3.63) is 11.6 Å². The first kappa shape index (κ1) is 133. The summed E-state index contributed by atoms with van der Waals surface area (Å²) in [6, 6.07) is 0. The standard InChI is InChI=1S/C52H96O16S.C52H6.2Na.H2O16S.44H2.H/c1-5-7-9-11-13-15-17-19-20-21-23-24-26-28-30-32-34-39(3)36-40(4)50(59)64-47-45(57)42(38-54)62-52(65-51-48(66-69-68-67-60)46(58)44(56)41(37-53)61-51)49(47)63-43(55)35-33-31-29-27-25-22-18-16-14-12-10-8-6-2;1-3-5-7-9-11-13-15-17-19-21-23-25-27-29-31-33-35-37-39-41-43-45-47-49-51-52-50-48-46-44-42-40-38-36-34-32-30-28-26-24-22-20-18-16-14-12-10-8-6-4-2;;;1-2-3-4-5-6-7-8-9-10-11-12-13-14-15-16-17;;;;;;;;;;;;;;;;;;;;;;;;;;;;;;;;;;;;;;;;;;;;;/h36,39,41-42,44-49,51-54,56-58,60H,5-35,37-38H2,1-4H3;1-2H3;;;1,17H;44*1H;/q;;2*+1;;;;;;;;;;;;;;;;;;;;;;;;;;;;;;;;;;;;;;;;;;;;;;-1/p-1/b40-36+;;;;;;;;;;;;;;;;;;;;;;;;;;;;;;;;;;;;;;;;;;;;;;;;;/t39-,41?,42?,44?,45?,46?,47?,48?,49?,51?,52?;;;;;;;;;;;;;;;;;;;;;;;;;;;;;;;;;;;;;;;;;;;;;;;;;/m0................................................./s1. The van der Waals surface area contributed by atoms with Gasteiger partial charge in [-0.05, 0) is 205 Å². The van der Waals surface area contributed by atoms with E-state index in [2.05, 4.69) is 407 Å². The predicted molar refractivity (Wildman–Crippen MR) is 590 cm³/mol. The Hall–Kier alpha value is -10.7. The van der Waals surface area contributed by atoms with E-state index in [0.717, 1.165) is 44.9 Å². The normalized spacial score (nSPS) is 15.5. The Bertz CT molecular complexity index is 5300. The third-order valence-electron chi connectivity index (χ3n) is 17.0.